The molecule has 0 spiro atoms. The van der Waals surface area contributed by atoms with Gasteiger partial charge in [-0.1, -0.05) is 44.2 Å². The maximum atomic E-state index is 11.8. The number of nitro groups is 1. The fourth-order valence-corrected chi connectivity index (χ4v) is 4.46. The van der Waals surface area contributed by atoms with Gasteiger partial charge in [-0.25, -0.2) is 8.42 Å². The van der Waals surface area contributed by atoms with E-state index in [1.165, 1.54) is 17.7 Å². The Labute approximate surface area is 174 Å². The number of thiophene rings is 1. The van der Waals surface area contributed by atoms with Crippen LogP contribution in [0.4, 0.5) is 11.4 Å². The Morgan fingerprint density at radius 3 is 2.21 bits per heavy atom. The third-order valence-electron chi connectivity index (χ3n) is 4.66. The first kappa shape index (κ1) is 21.0. The Balaban J connectivity index is 2.04. The molecule has 3 aromatic rings. The number of nitro benzene ring substituents is 1. The summed E-state index contributed by atoms with van der Waals surface area (Å²) in [7, 11) is -3.54. The van der Waals surface area contributed by atoms with Crippen molar-refractivity contribution in [3.63, 3.8) is 0 Å². The number of nitrogens with zero attached hydrogens (tertiary/aromatic N) is 1. The van der Waals surface area contributed by atoms with Gasteiger partial charge < -0.3 is 5.32 Å². The lowest BCUT2D eigenvalue weighted by atomic mass is 9.98. The molecule has 0 radical (unpaired) electrons. The number of rotatable bonds is 7. The van der Waals surface area contributed by atoms with Gasteiger partial charge in [0.1, 0.15) is 5.69 Å². The zero-order valence-corrected chi connectivity index (χ0v) is 18.0. The van der Waals surface area contributed by atoms with Crippen LogP contribution in [0.2, 0.25) is 0 Å². The van der Waals surface area contributed by atoms with E-state index in [0.29, 0.717) is 5.92 Å². The number of nitrogens with one attached hydrogen (secondary N) is 1. The molecular formula is C21H22N2O4S2. The monoisotopic (exact) mass is 430 g/mol. The number of anilines is 1. The summed E-state index contributed by atoms with van der Waals surface area (Å²) < 4.78 is 23.6. The summed E-state index contributed by atoms with van der Waals surface area (Å²) in [6.45, 7) is 4.24. The van der Waals surface area contributed by atoms with Crippen molar-refractivity contribution >= 4 is 32.5 Å². The third-order valence-corrected chi connectivity index (χ3v) is 6.71. The maximum Gasteiger partial charge on any atom is 0.293 e. The number of benzene rings is 2. The van der Waals surface area contributed by atoms with E-state index in [1.54, 1.807) is 11.3 Å². The molecule has 6 nitrogen and oxygen atoms in total. The van der Waals surface area contributed by atoms with E-state index in [1.807, 2.05) is 29.6 Å². The molecule has 0 aliphatic heterocycles. The standard InChI is InChI=1S/C21H22N2O4S2/c1-14(2)15-6-8-16(9-7-15)21(20-5-4-12-28-20)22-18-11-10-17(29(3,26)27)13-19(18)23(24)25/h4-14,21-22H,1-3H3. The van der Waals surface area contributed by atoms with Crippen LogP contribution in [-0.2, 0) is 9.84 Å². The van der Waals surface area contributed by atoms with Crippen LogP contribution in [0.3, 0.4) is 0 Å². The first-order valence-electron chi connectivity index (χ1n) is 9.05. The van der Waals surface area contributed by atoms with Crippen LogP contribution in [0.5, 0.6) is 0 Å². The summed E-state index contributed by atoms with van der Waals surface area (Å²) >= 11 is 1.55. The lowest BCUT2D eigenvalue weighted by molar-refractivity contribution is -0.384. The van der Waals surface area contributed by atoms with Crippen molar-refractivity contribution in [3.05, 3.63) is 86.1 Å². The lowest BCUT2D eigenvalue weighted by Gasteiger charge is -2.20. The molecule has 0 fully saturated rings. The van der Waals surface area contributed by atoms with E-state index < -0.39 is 14.8 Å². The smallest absolute Gasteiger partial charge is 0.293 e. The van der Waals surface area contributed by atoms with Crippen molar-refractivity contribution in [2.45, 2.75) is 30.7 Å². The third kappa shape index (κ3) is 4.83. The second kappa shape index (κ2) is 8.34. The van der Waals surface area contributed by atoms with Crippen LogP contribution in [0, 0.1) is 10.1 Å². The van der Waals surface area contributed by atoms with Crippen LogP contribution in [0.25, 0.3) is 0 Å². The molecule has 0 aliphatic carbocycles. The first-order valence-corrected chi connectivity index (χ1v) is 11.8. The van der Waals surface area contributed by atoms with E-state index in [0.717, 1.165) is 22.8 Å². The molecule has 0 saturated heterocycles. The van der Waals surface area contributed by atoms with Crippen LogP contribution in [-0.4, -0.2) is 19.6 Å². The van der Waals surface area contributed by atoms with Crippen molar-refractivity contribution < 1.29 is 13.3 Å². The highest BCUT2D eigenvalue weighted by molar-refractivity contribution is 7.90. The highest BCUT2D eigenvalue weighted by Gasteiger charge is 2.23. The highest BCUT2D eigenvalue weighted by Crippen LogP contribution is 2.35. The zero-order valence-electron chi connectivity index (χ0n) is 16.3. The predicted octanol–water partition coefficient (Wildman–Crippen LogP) is 5.38. The minimum atomic E-state index is -3.54. The predicted molar refractivity (Wildman–Crippen MR) is 117 cm³/mol. The molecule has 1 aromatic heterocycles. The maximum absolute atomic E-state index is 11.8. The fourth-order valence-electron chi connectivity index (χ4n) is 3.02. The minimum absolute atomic E-state index is 0.0799. The van der Waals surface area contributed by atoms with E-state index in [2.05, 4.69) is 31.3 Å². The first-order chi connectivity index (χ1) is 13.7. The topological polar surface area (TPSA) is 89.3 Å². The molecule has 1 unspecified atom stereocenters. The zero-order chi connectivity index (χ0) is 21.2. The molecule has 0 saturated carbocycles. The Bertz CT molecular complexity index is 1110. The second-order valence-corrected chi connectivity index (χ2v) is 10.1. The largest absolute Gasteiger partial charge is 0.368 e. The van der Waals surface area contributed by atoms with Gasteiger partial charge >= 0.3 is 0 Å². The quantitative estimate of drug-likeness (QED) is 0.401. The van der Waals surface area contributed by atoms with E-state index in [9.17, 15) is 18.5 Å². The summed E-state index contributed by atoms with van der Waals surface area (Å²) in [6, 6.07) is 15.7. The van der Waals surface area contributed by atoms with Crippen LogP contribution >= 0.6 is 11.3 Å². The molecule has 152 valence electrons. The number of hydrogen-bond acceptors (Lipinski definition) is 6. The minimum Gasteiger partial charge on any atom is -0.368 e. The van der Waals surface area contributed by atoms with E-state index in [-0.39, 0.29) is 22.3 Å². The molecule has 3 rings (SSSR count). The molecule has 29 heavy (non-hydrogen) atoms. The summed E-state index contributed by atoms with van der Waals surface area (Å²) in [4.78, 5) is 12.0. The molecule has 0 amide bonds. The highest BCUT2D eigenvalue weighted by atomic mass is 32.2. The average Bonchev–Trinajstić information content (AvgIpc) is 3.19. The summed E-state index contributed by atoms with van der Waals surface area (Å²) in [6.07, 6.45) is 1.03. The van der Waals surface area contributed by atoms with Crippen molar-refractivity contribution in [1.82, 2.24) is 0 Å². The van der Waals surface area contributed by atoms with Crippen molar-refractivity contribution in [2.75, 3.05) is 11.6 Å². The summed E-state index contributed by atoms with van der Waals surface area (Å²) in [5.74, 6) is 0.404. The molecule has 2 aromatic carbocycles. The second-order valence-electron chi connectivity index (χ2n) is 7.12. The Kier molecular flexibility index (Phi) is 6.04. The molecule has 1 N–H and O–H groups in total. The average molecular weight is 431 g/mol. The SMILES string of the molecule is CC(C)c1ccc(C(Nc2ccc(S(C)(=O)=O)cc2[N+](=O)[O-])c2cccs2)cc1. The van der Waals surface area contributed by atoms with Gasteiger partial charge in [0.25, 0.3) is 5.69 Å². The normalized spacial score (nSPS) is 12.7. The van der Waals surface area contributed by atoms with Gasteiger partial charge in [-0.15, -0.1) is 11.3 Å². The molecular weight excluding hydrogens is 408 g/mol. The van der Waals surface area contributed by atoms with E-state index >= 15 is 0 Å². The molecule has 1 heterocycles. The number of sulfone groups is 1. The van der Waals surface area contributed by atoms with Crippen LogP contribution < -0.4 is 5.32 Å². The molecule has 1 atom stereocenters. The molecule has 0 aliphatic rings. The summed E-state index contributed by atoms with van der Waals surface area (Å²) in [5.41, 5.74) is 2.18. The fraction of sp³-hybridized carbons (Fsp3) is 0.238. The van der Waals surface area contributed by atoms with Gasteiger partial charge in [-0.2, -0.15) is 0 Å². The van der Waals surface area contributed by atoms with Crippen molar-refractivity contribution in [1.29, 1.82) is 0 Å². The van der Waals surface area contributed by atoms with Crippen molar-refractivity contribution in [3.8, 4) is 0 Å². The van der Waals surface area contributed by atoms with Crippen LogP contribution in [0.1, 0.15) is 41.8 Å². The van der Waals surface area contributed by atoms with Gasteiger partial charge in [-0.3, -0.25) is 10.1 Å². The summed E-state index contributed by atoms with van der Waals surface area (Å²) in [5, 5.41) is 16.8. The van der Waals surface area contributed by atoms with Gasteiger partial charge in [0.2, 0.25) is 0 Å². The molecule has 0 bridgehead atoms. The van der Waals surface area contributed by atoms with Gasteiger partial charge in [0.15, 0.2) is 9.84 Å². The van der Waals surface area contributed by atoms with Crippen molar-refractivity contribution in [2.24, 2.45) is 0 Å². The lowest BCUT2D eigenvalue weighted by Crippen LogP contribution is -2.13. The Morgan fingerprint density at radius 1 is 1.03 bits per heavy atom. The number of hydrogen-bond donors (Lipinski definition) is 1. The van der Waals surface area contributed by atoms with E-state index in [4.69, 9.17) is 0 Å². The molecule has 8 heteroatoms. The van der Waals surface area contributed by atoms with Gasteiger partial charge in [0.05, 0.1) is 15.9 Å². The van der Waals surface area contributed by atoms with Gasteiger partial charge in [-0.05, 0) is 40.6 Å². The Hall–Kier alpha value is -2.71. The van der Waals surface area contributed by atoms with Crippen LogP contribution in [0.15, 0.2) is 64.9 Å². The van der Waals surface area contributed by atoms with Gasteiger partial charge in [0, 0.05) is 17.2 Å². The Morgan fingerprint density at radius 2 is 1.69 bits per heavy atom.